The minimum Gasteiger partial charge on any atom is -0.533 e. The molecule has 0 aromatic heterocycles. The Bertz CT molecular complexity index is 505. The molecule has 1 aromatic rings. The summed E-state index contributed by atoms with van der Waals surface area (Å²) in [5.74, 6) is -1.36. The molecule has 1 radical (unpaired) electrons. The molecule has 4 N–H and O–H groups in total. The summed E-state index contributed by atoms with van der Waals surface area (Å²) in [5, 5.41) is 28.2. The number of carboxylic acids is 1. The Morgan fingerprint density at radius 1 is 1.63 bits per heavy atom. The van der Waals surface area contributed by atoms with E-state index in [0.29, 0.717) is 13.2 Å². The Labute approximate surface area is 109 Å². The second kappa shape index (κ2) is 5.68. The maximum atomic E-state index is 10.9. The fourth-order valence-corrected chi connectivity index (χ4v) is 1.47. The van der Waals surface area contributed by atoms with E-state index in [0.717, 1.165) is 6.07 Å². The van der Waals surface area contributed by atoms with Gasteiger partial charge in [-0.2, -0.15) is 0 Å². The predicted octanol–water partition coefficient (Wildman–Crippen LogP) is -0.155. The van der Waals surface area contributed by atoms with Crippen molar-refractivity contribution >= 4 is 19.3 Å². The maximum absolute atomic E-state index is 10.9. The van der Waals surface area contributed by atoms with Crippen LogP contribution in [0, 0.1) is 10.1 Å². The largest absolute Gasteiger partial charge is 0.569 e. The van der Waals surface area contributed by atoms with Crippen molar-refractivity contribution in [2.24, 2.45) is 5.73 Å². The van der Waals surface area contributed by atoms with Gasteiger partial charge in [-0.1, -0.05) is 6.07 Å². The first-order valence-electron chi connectivity index (χ1n) is 5.20. The van der Waals surface area contributed by atoms with Gasteiger partial charge in [0.2, 0.25) is 0 Å². The molecule has 101 valence electrons. The first-order valence-corrected chi connectivity index (χ1v) is 5.20. The second-order valence-corrected chi connectivity index (χ2v) is 4.18. The van der Waals surface area contributed by atoms with Gasteiger partial charge >= 0.3 is 19.3 Å². The van der Waals surface area contributed by atoms with E-state index < -0.39 is 16.4 Å². The number of nitrogens with two attached hydrogens (primary N) is 1. The number of carbonyl (C=O) groups is 1. The summed E-state index contributed by atoms with van der Waals surface area (Å²) in [6.45, 7) is 1.31. The summed E-state index contributed by atoms with van der Waals surface area (Å²) < 4.78 is 4.57. The Morgan fingerprint density at radius 3 is 2.74 bits per heavy atom. The van der Waals surface area contributed by atoms with Crippen LogP contribution >= 0.6 is 0 Å². The molecule has 0 aliphatic rings. The molecule has 0 saturated carbocycles. The Morgan fingerprint density at radius 2 is 2.26 bits per heavy atom. The van der Waals surface area contributed by atoms with Crippen molar-refractivity contribution in [2.75, 3.05) is 0 Å². The molecule has 0 amide bonds. The highest BCUT2D eigenvalue weighted by molar-refractivity contribution is 6.17. The van der Waals surface area contributed by atoms with Gasteiger partial charge in [0.15, 0.2) is 5.75 Å². The van der Waals surface area contributed by atoms with E-state index in [-0.39, 0.29) is 17.9 Å². The molecule has 0 saturated heterocycles. The number of nitro benzene ring substituents is 1. The lowest BCUT2D eigenvalue weighted by molar-refractivity contribution is -0.385. The number of aliphatic carboxylic acids is 1. The number of carboxylic acid groups (broad SMARTS) is 1. The Hall–Kier alpha value is -2.13. The number of hydrogen-bond acceptors (Lipinski definition) is 6. The Kier molecular flexibility index (Phi) is 4.46. The molecule has 8 nitrogen and oxygen atoms in total. The van der Waals surface area contributed by atoms with Crippen molar-refractivity contribution in [3.8, 4) is 5.75 Å². The van der Waals surface area contributed by atoms with E-state index in [2.05, 4.69) is 4.65 Å². The van der Waals surface area contributed by atoms with E-state index >= 15 is 0 Å². The SMILES string of the molecule is C[C@](N)(Cc1ccc(O[B]O)c([N+](=O)[O-])c1)C(=O)O. The van der Waals surface area contributed by atoms with Crippen molar-refractivity contribution in [1.29, 1.82) is 0 Å². The smallest absolute Gasteiger partial charge is 0.533 e. The highest BCUT2D eigenvalue weighted by Gasteiger charge is 2.29. The van der Waals surface area contributed by atoms with Crippen LogP contribution in [-0.4, -0.2) is 34.2 Å². The monoisotopic (exact) mass is 267 g/mol. The van der Waals surface area contributed by atoms with Crippen molar-refractivity contribution < 1.29 is 24.5 Å². The standard InChI is InChI=1S/C10H12BN2O6/c1-10(12,9(14)15)5-6-2-3-8(19-11-16)7(4-6)13(17)18/h2-4,16H,5,12H2,1H3,(H,14,15)/t10-/m0/s1. The summed E-state index contributed by atoms with van der Waals surface area (Å²) >= 11 is 0. The Balaban J connectivity index is 3.09. The normalized spacial score (nSPS) is 13.4. The highest BCUT2D eigenvalue weighted by Crippen LogP contribution is 2.28. The zero-order chi connectivity index (χ0) is 14.6. The molecule has 0 heterocycles. The minimum absolute atomic E-state index is 0.0771. The quantitative estimate of drug-likeness (QED) is 0.370. The molecular weight excluding hydrogens is 255 g/mol. The highest BCUT2D eigenvalue weighted by atomic mass is 16.6. The third-order valence-electron chi connectivity index (χ3n) is 2.46. The molecule has 9 heteroatoms. The van der Waals surface area contributed by atoms with E-state index in [9.17, 15) is 14.9 Å². The second-order valence-electron chi connectivity index (χ2n) is 4.18. The van der Waals surface area contributed by atoms with Gasteiger partial charge in [-0.15, -0.1) is 0 Å². The molecule has 0 spiro atoms. The molecule has 0 fully saturated rings. The van der Waals surface area contributed by atoms with Gasteiger partial charge in [-0.3, -0.25) is 14.9 Å². The maximum Gasteiger partial charge on any atom is 0.569 e. The van der Waals surface area contributed by atoms with E-state index in [1.54, 1.807) is 0 Å². The average molecular weight is 267 g/mol. The third kappa shape index (κ3) is 3.67. The number of benzene rings is 1. The lowest BCUT2D eigenvalue weighted by atomic mass is 9.94. The fraction of sp³-hybridized carbons (Fsp3) is 0.300. The van der Waals surface area contributed by atoms with Gasteiger partial charge in [0, 0.05) is 12.5 Å². The van der Waals surface area contributed by atoms with Crippen molar-refractivity contribution in [3.63, 3.8) is 0 Å². The summed E-state index contributed by atoms with van der Waals surface area (Å²) in [6, 6.07) is 3.87. The third-order valence-corrected chi connectivity index (χ3v) is 2.46. The lowest BCUT2D eigenvalue weighted by Gasteiger charge is -2.19. The number of rotatable bonds is 6. The summed E-state index contributed by atoms with van der Waals surface area (Å²) in [4.78, 5) is 21.0. The number of hydrogen-bond donors (Lipinski definition) is 3. The van der Waals surface area contributed by atoms with Crippen LogP contribution in [0.25, 0.3) is 0 Å². The van der Waals surface area contributed by atoms with Crippen LogP contribution in [0.1, 0.15) is 12.5 Å². The molecule has 19 heavy (non-hydrogen) atoms. The summed E-state index contributed by atoms with van der Waals surface area (Å²) in [6.07, 6.45) is -0.0771. The lowest BCUT2D eigenvalue weighted by Crippen LogP contribution is -2.46. The molecule has 0 unspecified atom stereocenters. The molecular formula is C10H12BN2O6. The zero-order valence-corrected chi connectivity index (χ0v) is 10.1. The van der Waals surface area contributed by atoms with Crippen LogP contribution in [0.2, 0.25) is 0 Å². The van der Waals surface area contributed by atoms with Crippen LogP contribution < -0.4 is 10.4 Å². The molecule has 0 aliphatic heterocycles. The van der Waals surface area contributed by atoms with Crippen LogP contribution in [-0.2, 0) is 11.2 Å². The predicted molar refractivity (Wildman–Crippen MR) is 65.6 cm³/mol. The fourth-order valence-electron chi connectivity index (χ4n) is 1.47. The average Bonchev–Trinajstić information content (AvgIpc) is 2.30. The van der Waals surface area contributed by atoms with E-state index in [1.807, 2.05) is 0 Å². The molecule has 1 rings (SSSR count). The number of nitrogens with zero attached hydrogens (tertiary/aromatic N) is 1. The van der Waals surface area contributed by atoms with Gasteiger partial charge < -0.3 is 20.5 Å². The van der Waals surface area contributed by atoms with Crippen molar-refractivity contribution in [1.82, 2.24) is 0 Å². The van der Waals surface area contributed by atoms with Gasteiger partial charge in [-0.25, -0.2) is 0 Å². The van der Waals surface area contributed by atoms with Crippen molar-refractivity contribution in [2.45, 2.75) is 18.9 Å². The van der Waals surface area contributed by atoms with Gasteiger partial charge in [0.25, 0.3) is 0 Å². The van der Waals surface area contributed by atoms with Crippen molar-refractivity contribution in [3.05, 3.63) is 33.9 Å². The van der Waals surface area contributed by atoms with Gasteiger partial charge in [-0.05, 0) is 18.6 Å². The molecule has 0 aliphatic carbocycles. The summed E-state index contributed by atoms with van der Waals surface area (Å²) in [5.41, 5.74) is 4.03. The first-order chi connectivity index (χ1) is 8.77. The minimum atomic E-state index is -1.53. The van der Waals surface area contributed by atoms with Gasteiger partial charge in [0.1, 0.15) is 5.54 Å². The van der Waals surface area contributed by atoms with E-state index in [4.69, 9.17) is 15.9 Å². The van der Waals surface area contributed by atoms with E-state index in [1.165, 1.54) is 19.1 Å². The molecule has 1 atom stereocenters. The van der Waals surface area contributed by atoms with Gasteiger partial charge in [0.05, 0.1) is 4.92 Å². The topological polar surface area (TPSA) is 136 Å². The van der Waals surface area contributed by atoms with Crippen LogP contribution in [0.4, 0.5) is 5.69 Å². The zero-order valence-electron chi connectivity index (χ0n) is 10.1. The first kappa shape index (κ1) is 14.9. The molecule has 1 aromatic carbocycles. The van der Waals surface area contributed by atoms with Crippen LogP contribution in [0.15, 0.2) is 18.2 Å². The van der Waals surface area contributed by atoms with Crippen LogP contribution in [0.5, 0.6) is 5.75 Å². The summed E-state index contributed by atoms with van der Waals surface area (Å²) in [7, 11) is 0.326. The molecule has 0 bridgehead atoms. The van der Waals surface area contributed by atoms with Crippen LogP contribution in [0.3, 0.4) is 0 Å². The number of nitro groups is 1.